The number of para-hydroxylation sites is 1. The van der Waals surface area contributed by atoms with Gasteiger partial charge in [0.05, 0.1) is 11.1 Å². The van der Waals surface area contributed by atoms with Crippen molar-refractivity contribution >= 4 is 28.7 Å². The number of nitrogens with zero attached hydrogens (tertiary/aromatic N) is 5. The number of benzene rings is 1. The average Bonchev–Trinajstić information content (AvgIpc) is 2.87. The zero-order chi connectivity index (χ0) is 23.7. The second kappa shape index (κ2) is 9.37. The van der Waals surface area contributed by atoms with Gasteiger partial charge in [-0.2, -0.15) is 0 Å². The Morgan fingerprint density at radius 2 is 1.79 bits per heavy atom. The average molecular weight is 460 g/mol. The number of hydrogen-bond acceptors (Lipinski definition) is 7. The molecule has 8 heteroatoms. The summed E-state index contributed by atoms with van der Waals surface area (Å²) in [6.07, 6.45) is 5.26. The molecule has 1 saturated heterocycles. The highest BCUT2D eigenvalue weighted by molar-refractivity contribution is 6.05. The van der Waals surface area contributed by atoms with Gasteiger partial charge in [-0.1, -0.05) is 25.1 Å². The molecule has 2 atom stereocenters. The maximum Gasteiger partial charge on any atom is 0.339 e. The first-order valence-electron chi connectivity index (χ1n) is 11.9. The highest BCUT2D eigenvalue weighted by atomic mass is 16.5. The quantitative estimate of drug-likeness (QED) is 0.554. The summed E-state index contributed by atoms with van der Waals surface area (Å²) >= 11 is 0. The molecule has 0 N–H and O–H groups in total. The van der Waals surface area contributed by atoms with Gasteiger partial charge < -0.3 is 14.5 Å². The van der Waals surface area contributed by atoms with E-state index in [0.29, 0.717) is 43.6 Å². The van der Waals surface area contributed by atoms with Gasteiger partial charge >= 0.3 is 5.97 Å². The molecule has 1 amide bonds. The minimum absolute atomic E-state index is 0.178. The van der Waals surface area contributed by atoms with Crippen LogP contribution in [-0.4, -0.2) is 64.0 Å². The van der Waals surface area contributed by atoms with E-state index in [-0.39, 0.29) is 5.91 Å². The Morgan fingerprint density at radius 3 is 2.56 bits per heavy atom. The van der Waals surface area contributed by atoms with E-state index >= 15 is 0 Å². The third kappa shape index (κ3) is 4.32. The highest BCUT2D eigenvalue weighted by Gasteiger charge is 2.31. The molecule has 176 valence electrons. The maximum absolute atomic E-state index is 13.4. The standard InChI is InChI=1S/C26H29N5O3/c1-17-8-9-22-20(16-17)23(19-6-3-4-7-21(19)29-22)25(33)34-18(2)24(32)30-12-14-31(15-13-30)26-27-10-5-11-28-26/h3-7,10-11,17-18H,8-9,12-16H2,1-2H3. The van der Waals surface area contributed by atoms with Gasteiger partial charge in [-0.3, -0.25) is 9.78 Å². The van der Waals surface area contributed by atoms with E-state index < -0.39 is 12.1 Å². The molecular formula is C26H29N5O3. The number of rotatable bonds is 4. The summed E-state index contributed by atoms with van der Waals surface area (Å²) in [6.45, 7) is 6.19. The van der Waals surface area contributed by atoms with Crippen LogP contribution in [0.15, 0.2) is 42.7 Å². The molecule has 2 aliphatic rings. The van der Waals surface area contributed by atoms with Gasteiger partial charge in [0.15, 0.2) is 6.10 Å². The minimum Gasteiger partial charge on any atom is -0.449 e. The summed E-state index contributed by atoms with van der Waals surface area (Å²) in [5.41, 5.74) is 3.30. The number of carbonyl (C=O) groups is 2. The number of anilines is 1. The van der Waals surface area contributed by atoms with Crippen LogP contribution in [-0.2, 0) is 22.4 Å². The highest BCUT2D eigenvalue weighted by Crippen LogP contribution is 2.32. The number of amides is 1. The number of hydrogen-bond donors (Lipinski definition) is 0. The van der Waals surface area contributed by atoms with Crippen molar-refractivity contribution in [2.45, 2.75) is 39.2 Å². The Bertz CT molecular complexity index is 1210. The van der Waals surface area contributed by atoms with Gasteiger partial charge in [0.2, 0.25) is 5.95 Å². The van der Waals surface area contributed by atoms with Crippen LogP contribution < -0.4 is 4.90 Å². The Kier molecular flexibility index (Phi) is 6.13. The van der Waals surface area contributed by atoms with Crippen LogP contribution in [0.1, 0.15) is 41.9 Å². The number of aromatic nitrogens is 3. The molecule has 1 aromatic carbocycles. The van der Waals surface area contributed by atoms with Crippen LogP contribution in [0.5, 0.6) is 0 Å². The van der Waals surface area contributed by atoms with Crippen LogP contribution in [0.4, 0.5) is 5.95 Å². The molecule has 8 nitrogen and oxygen atoms in total. The molecule has 0 saturated carbocycles. The zero-order valence-electron chi connectivity index (χ0n) is 19.6. The van der Waals surface area contributed by atoms with E-state index in [4.69, 9.17) is 9.72 Å². The summed E-state index contributed by atoms with van der Waals surface area (Å²) in [7, 11) is 0. The second-order valence-electron chi connectivity index (χ2n) is 9.19. The van der Waals surface area contributed by atoms with Gasteiger partial charge in [0, 0.05) is 49.7 Å². The Labute approximate surface area is 199 Å². The molecule has 1 fully saturated rings. The van der Waals surface area contributed by atoms with E-state index in [1.807, 2.05) is 24.3 Å². The van der Waals surface area contributed by atoms with Crippen molar-refractivity contribution in [2.75, 3.05) is 31.1 Å². The van der Waals surface area contributed by atoms with E-state index in [0.717, 1.165) is 41.4 Å². The third-order valence-electron chi connectivity index (χ3n) is 6.77. The number of ether oxygens (including phenoxy) is 1. The van der Waals surface area contributed by atoms with Crippen molar-refractivity contribution in [1.29, 1.82) is 0 Å². The van der Waals surface area contributed by atoms with Crippen LogP contribution in [0.3, 0.4) is 0 Å². The lowest BCUT2D eigenvalue weighted by molar-refractivity contribution is -0.140. The van der Waals surface area contributed by atoms with Crippen LogP contribution in [0, 0.1) is 5.92 Å². The second-order valence-corrected chi connectivity index (χ2v) is 9.19. The lowest BCUT2D eigenvalue weighted by Gasteiger charge is -2.35. The van der Waals surface area contributed by atoms with Crippen molar-refractivity contribution < 1.29 is 14.3 Å². The number of piperazine rings is 1. The fourth-order valence-electron chi connectivity index (χ4n) is 4.90. The van der Waals surface area contributed by atoms with Crippen molar-refractivity contribution in [3.05, 3.63) is 59.5 Å². The van der Waals surface area contributed by atoms with Crippen LogP contribution >= 0.6 is 0 Å². The van der Waals surface area contributed by atoms with Gasteiger partial charge in [0.25, 0.3) is 5.91 Å². The molecule has 34 heavy (non-hydrogen) atoms. The third-order valence-corrected chi connectivity index (χ3v) is 6.77. The molecule has 0 bridgehead atoms. The number of pyridine rings is 1. The van der Waals surface area contributed by atoms with Crippen molar-refractivity contribution in [3.8, 4) is 0 Å². The number of esters is 1. The monoisotopic (exact) mass is 459 g/mol. The molecule has 2 aromatic heterocycles. The van der Waals surface area contributed by atoms with Crippen molar-refractivity contribution in [3.63, 3.8) is 0 Å². The summed E-state index contributed by atoms with van der Waals surface area (Å²) in [4.78, 5) is 43.7. The molecule has 0 radical (unpaired) electrons. The summed E-state index contributed by atoms with van der Waals surface area (Å²) in [6, 6.07) is 9.45. The Balaban J connectivity index is 1.31. The predicted molar refractivity (Wildman–Crippen MR) is 129 cm³/mol. The first-order valence-corrected chi connectivity index (χ1v) is 11.9. The van der Waals surface area contributed by atoms with Gasteiger partial charge in [-0.05, 0) is 49.8 Å². The fourth-order valence-corrected chi connectivity index (χ4v) is 4.90. The largest absolute Gasteiger partial charge is 0.449 e. The normalized spacial score (nSPS) is 18.9. The lowest BCUT2D eigenvalue weighted by atomic mass is 9.84. The van der Waals surface area contributed by atoms with Crippen LogP contribution in [0.2, 0.25) is 0 Å². The molecule has 3 aromatic rings. The molecule has 3 heterocycles. The molecule has 1 aliphatic heterocycles. The lowest BCUT2D eigenvalue weighted by Crippen LogP contribution is -2.52. The SMILES string of the molecule is CC1CCc2nc3ccccc3c(C(=O)OC(C)C(=O)N3CCN(c4ncccn4)CC3)c2C1. The van der Waals surface area contributed by atoms with Crippen molar-refractivity contribution in [1.82, 2.24) is 19.9 Å². The molecule has 5 rings (SSSR count). The minimum atomic E-state index is -0.865. The molecule has 1 aliphatic carbocycles. The van der Waals surface area contributed by atoms with Crippen molar-refractivity contribution in [2.24, 2.45) is 5.92 Å². The maximum atomic E-state index is 13.4. The Morgan fingerprint density at radius 1 is 1.06 bits per heavy atom. The van der Waals surface area contributed by atoms with Crippen LogP contribution in [0.25, 0.3) is 10.9 Å². The summed E-state index contributed by atoms with van der Waals surface area (Å²) < 4.78 is 5.78. The first-order chi connectivity index (χ1) is 16.5. The zero-order valence-corrected chi connectivity index (χ0v) is 19.6. The fraction of sp³-hybridized carbons (Fsp3) is 0.423. The number of fused-ring (bicyclic) bond motifs is 2. The smallest absolute Gasteiger partial charge is 0.339 e. The summed E-state index contributed by atoms with van der Waals surface area (Å²) in [5, 5.41) is 0.788. The summed E-state index contributed by atoms with van der Waals surface area (Å²) in [5.74, 6) is 0.521. The number of aryl methyl sites for hydroxylation is 1. The molecular weight excluding hydrogens is 430 g/mol. The predicted octanol–water partition coefficient (Wildman–Crippen LogP) is 3.04. The van der Waals surface area contributed by atoms with E-state index in [1.54, 1.807) is 30.3 Å². The number of carbonyl (C=O) groups excluding carboxylic acids is 2. The first kappa shape index (κ1) is 22.3. The van der Waals surface area contributed by atoms with E-state index in [9.17, 15) is 9.59 Å². The Hall–Kier alpha value is -3.55. The topological polar surface area (TPSA) is 88.5 Å². The van der Waals surface area contributed by atoms with Gasteiger partial charge in [-0.25, -0.2) is 14.8 Å². The molecule has 0 spiro atoms. The van der Waals surface area contributed by atoms with E-state index in [2.05, 4.69) is 21.8 Å². The molecule has 2 unspecified atom stereocenters. The van der Waals surface area contributed by atoms with Gasteiger partial charge in [0.1, 0.15) is 0 Å². The van der Waals surface area contributed by atoms with Gasteiger partial charge in [-0.15, -0.1) is 0 Å². The van der Waals surface area contributed by atoms with E-state index in [1.165, 1.54) is 0 Å².